The Balaban J connectivity index is 1.81. The molecule has 0 radical (unpaired) electrons. The first-order valence-electron chi connectivity index (χ1n) is 6.94. The Hall–Kier alpha value is -1.75. The van der Waals surface area contributed by atoms with E-state index in [0.717, 1.165) is 11.3 Å². The zero-order valence-corrected chi connectivity index (χ0v) is 13.1. The van der Waals surface area contributed by atoms with Crippen molar-refractivity contribution in [3.05, 3.63) is 59.1 Å². The van der Waals surface area contributed by atoms with Crippen molar-refractivity contribution in [3.63, 3.8) is 0 Å². The molecule has 0 unspecified atom stereocenters. The lowest BCUT2D eigenvalue weighted by Crippen LogP contribution is -2.22. The molecular formula is C17H19ClO4. The van der Waals surface area contributed by atoms with Gasteiger partial charge in [0, 0.05) is 12.1 Å². The number of hydrogen-bond donors (Lipinski definition) is 1. The van der Waals surface area contributed by atoms with Crippen molar-refractivity contribution < 1.29 is 19.3 Å². The minimum atomic E-state index is -0.635. The maximum atomic E-state index is 9.51. The molecule has 0 bridgehead atoms. The summed E-state index contributed by atoms with van der Waals surface area (Å²) >= 11 is 5.93. The zero-order chi connectivity index (χ0) is 15.8. The summed E-state index contributed by atoms with van der Waals surface area (Å²) in [5, 5.41) is 10.2. The first-order chi connectivity index (χ1) is 10.7. The molecule has 0 aliphatic rings. The SMILES string of the molecule is COC[C@H](O)COc1ccc(OCc2cccc(Cl)c2)cc1. The largest absolute Gasteiger partial charge is 0.491 e. The molecule has 1 N–H and O–H groups in total. The van der Waals surface area contributed by atoms with Crippen molar-refractivity contribution in [1.29, 1.82) is 0 Å². The van der Waals surface area contributed by atoms with E-state index in [1.165, 1.54) is 7.11 Å². The van der Waals surface area contributed by atoms with E-state index in [0.29, 0.717) is 17.4 Å². The van der Waals surface area contributed by atoms with Crippen LogP contribution in [0, 0.1) is 0 Å². The molecule has 1 atom stereocenters. The molecule has 0 aliphatic carbocycles. The third kappa shape index (κ3) is 5.56. The number of rotatable bonds is 8. The first kappa shape index (κ1) is 16.6. The van der Waals surface area contributed by atoms with Gasteiger partial charge in [0.2, 0.25) is 0 Å². The Morgan fingerprint density at radius 2 is 1.68 bits per heavy atom. The van der Waals surface area contributed by atoms with E-state index in [1.807, 2.05) is 36.4 Å². The minimum Gasteiger partial charge on any atom is -0.491 e. The zero-order valence-electron chi connectivity index (χ0n) is 12.4. The van der Waals surface area contributed by atoms with Crippen LogP contribution in [0.5, 0.6) is 11.5 Å². The molecule has 0 amide bonds. The first-order valence-corrected chi connectivity index (χ1v) is 7.32. The van der Waals surface area contributed by atoms with Crippen LogP contribution < -0.4 is 9.47 Å². The van der Waals surface area contributed by atoms with Crippen LogP contribution in [0.2, 0.25) is 5.02 Å². The fourth-order valence-electron chi connectivity index (χ4n) is 1.86. The van der Waals surface area contributed by atoms with E-state index in [2.05, 4.69) is 0 Å². The van der Waals surface area contributed by atoms with Gasteiger partial charge in [-0.2, -0.15) is 0 Å². The average molecular weight is 323 g/mol. The topological polar surface area (TPSA) is 47.9 Å². The highest BCUT2D eigenvalue weighted by Gasteiger charge is 2.04. The molecule has 4 nitrogen and oxygen atoms in total. The van der Waals surface area contributed by atoms with Crippen LogP contribution in [0.4, 0.5) is 0 Å². The molecule has 2 aromatic rings. The van der Waals surface area contributed by atoms with Gasteiger partial charge in [0.15, 0.2) is 0 Å². The van der Waals surface area contributed by atoms with Crippen molar-refractivity contribution >= 4 is 11.6 Å². The number of hydrogen-bond acceptors (Lipinski definition) is 4. The second-order valence-electron chi connectivity index (χ2n) is 4.81. The van der Waals surface area contributed by atoms with Crippen molar-refractivity contribution in [2.24, 2.45) is 0 Å². The Labute approximate surface area is 135 Å². The summed E-state index contributed by atoms with van der Waals surface area (Å²) in [5.41, 5.74) is 1.01. The standard InChI is InChI=1S/C17H19ClO4/c1-20-11-15(19)12-22-17-7-5-16(6-8-17)21-10-13-3-2-4-14(18)9-13/h2-9,15,19H,10-12H2,1H3/t15-/m0/s1. The van der Waals surface area contributed by atoms with Crippen LogP contribution in [0.25, 0.3) is 0 Å². The monoisotopic (exact) mass is 322 g/mol. The molecular weight excluding hydrogens is 304 g/mol. The van der Waals surface area contributed by atoms with Crippen molar-refractivity contribution in [1.82, 2.24) is 0 Å². The molecule has 0 spiro atoms. The Kier molecular flexibility index (Phi) is 6.52. The third-order valence-corrected chi connectivity index (χ3v) is 3.15. The molecule has 5 heteroatoms. The van der Waals surface area contributed by atoms with Gasteiger partial charge >= 0.3 is 0 Å². The van der Waals surface area contributed by atoms with Crippen molar-refractivity contribution in [2.75, 3.05) is 20.3 Å². The quantitative estimate of drug-likeness (QED) is 0.810. The fraction of sp³-hybridized carbons (Fsp3) is 0.294. The van der Waals surface area contributed by atoms with E-state index < -0.39 is 6.10 Å². The van der Waals surface area contributed by atoms with E-state index >= 15 is 0 Å². The predicted molar refractivity (Wildman–Crippen MR) is 85.6 cm³/mol. The Morgan fingerprint density at radius 3 is 2.32 bits per heavy atom. The summed E-state index contributed by atoms with van der Waals surface area (Å²) in [5.74, 6) is 1.41. The maximum Gasteiger partial charge on any atom is 0.120 e. The number of aliphatic hydroxyl groups excluding tert-OH is 1. The molecule has 118 valence electrons. The van der Waals surface area contributed by atoms with Crippen LogP contribution in [0.15, 0.2) is 48.5 Å². The van der Waals surface area contributed by atoms with E-state index in [9.17, 15) is 5.11 Å². The predicted octanol–water partition coefficient (Wildman–Crippen LogP) is 3.31. The molecule has 0 saturated carbocycles. The summed E-state index contributed by atoms with van der Waals surface area (Å²) in [6.45, 7) is 0.894. The van der Waals surface area contributed by atoms with Crippen LogP contribution in [-0.4, -0.2) is 31.5 Å². The lowest BCUT2D eigenvalue weighted by atomic mass is 10.2. The van der Waals surface area contributed by atoms with Gasteiger partial charge in [-0.15, -0.1) is 0 Å². The van der Waals surface area contributed by atoms with Gasteiger partial charge in [0.25, 0.3) is 0 Å². The Bertz CT molecular complexity index is 571. The van der Waals surface area contributed by atoms with Gasteiger partial charge in [0.1, 0.15) is 30.8 Å². The van der Waals surface area contributed by atoms with Crippen LogP contribution in [0.1, 0.15) is 5.56 Å². The molecule has 2 rings (SSSR count). The fourth-order valence-corrected chi connectivity index (χ4v) is 2.07. The second-order valence-corrected chi connectivity index (χ2v) is 5.25. The lowest BCUT2D eigenvalue weighted by molar-refractivity contribution is 0.0325. The van der Waals surface area contributed by atoms with Crippen molar-refractivity contribution in [3.8, 4) is 11.5 Å². The summed E-state index contributed by atoms with van der Waals surface area (Å²) in [4.78, 5) is 0. The number of methoxy groups -OCH3 is 1. The number of ether oxygens (including phenoxy) is 3. The smallest absolute Gasteiger partial charge is 0.120 e. The van der Waals surface area contributed by atoms with Crippen LogP contribution in [0.3, 0.4) is 0 Å². The second kappa shape index (κ2) is 8.63. The van der Waals surface area contributed by atoms with E-state index in [4.69, 9.17) is 25.8 Å². The third-order valence-electron chi connectivity index (χ3n) is 2.92. The normalized spacial score (nSPS) is 12.0. The van der Waals surface area contributed by atoms with Crippen LogP contribution in [-0.2, 0) is 11.3 Å². The highest BCUT2D eigenvalue weighted by atomic mass is 35.5. The van der Waals surface area contributed by atoms with E-state index in [1.54, 1.807) is 12.1 Å². The van der Waals surface area contributed by atoms with Crippen molar-refractivity contribution in [2.45, 2.75) is 12.7 Å². The number of benzene rings is 2. The molecule has 0 saturated heterocycles. The average Bonchev–Trinajstić information content (AvgIpc) is 2.52. The molecule has 0 fully saturated rings. The molecule has 0 aromatic heterocycles. The number of halogens is 1. The summed E-state index contributed by atoms with van der Waals surface area (Å²) in [7, 11) is 1.54. The van der Waals surface area contributed by atoms with Gasteiger partial charge in [-0.05, 0) is 42.0 Å². The molecule has 2 aromatic carbocycles. The van der Waals surface area contributed by atoms with E-state index in [-0.39, 0.29) is 13.2 Å². The highest BCUT2D eigenvalue weighted by molar-refractivity contribution is 6.30. The summed E-state index contributed by atoms with van der Waals surface area (Å²) in [6, 6.07) is 14.8. The molecule has 0 heterocycles. The summed E-state index contributed by atoms with van der Waals surface area (Å²) in [6.07, 6.45) is -0.635. The van der Waals surface area contributed by atoms with Crippen LogP contribution >= 0.6 is 11.6 Å². The molecule has 22 heavy (non-hydrogen) atoms. The van der Waals surface area contributed by atoms with Gasteiger partial charge in [-0.3, -0.25) is 0 Å². The lowest BCUT2D eigenvalue weighted by Gasteiger charge is -2.12. The van der Waals surface area contributed by atoms with Gasteiger partial charge in [0.05, 0.1) is 6.61 Å². The maximum absolute atomic E-state index is 9.51. The summed E-state index contributed by atoms with van der Waals surface area (Å²) < 4.78 is 16.0. The van der Waals surface area contributed by atoms with Gasteiger partial charge < -0.3 is 19.3 Å². The molecule has 0 aliphatic heterocycles. The number of aliphatic hydroxyl groups is 1. The highest BCUT2D eigenvalue weighted by Crippen LogP contribution is 2.19. The van der Waals surface area contributed by atoms with Gasteiger partial charge in [-0.25, -0.2) is 0 Å². The Morgan fingerprint density at radius 1 is 1.00 bits per heavy atom. The van der Waals surface area contributed by atoms with Gasteiger partial charge in [-0.1, -0.05) is 23.7 Å². The minimum absolute atomic E-state index is 0.191.